The molecule has 0 saturated heterocycles. The number of ether oxygens (including phenoxy) is 2. The molecule has 1 aliphatic rings. The molecule has 28 heavy (non-hydrogen) atoms. The van der Waals surface area contributed by atoms with Crippen LogP contribution in [-0.4, -0.2) is 37.9 Å². The number of hydrogen-bond acceptors (Lipinski definition) is 5. The highest BCUT2D eigenvalue weighted by atomic mass is 16.5. The van der Waals surface area contributed by atoms with Crippen molar-refractivity contribution in [1.82, 2.24) is 0 Å². The summed E-state index contributed by atoms with van der Waals surface area (Å²) in [5.41, 5.74) is 2.02. The molecule has 0 bridgehead atoms. The Morgan fingerprint density at radius 1 is 1.14 bits per heavy atom. The molecule has 1 atom stereocenters. The molecule has 0 aromatic heterocycles. The van der Waals surface area contributed by atoms with Gasteiger partial charge in [-0.05, 0) is 37.1 Å². The largest absolute Gasteiger partial charge is 0.497 e. The number of hydrogen-bond donors (Lipinski definition) is 1. The number of nitrogens with one attached hydrogen (secondary N) is 1. The first-order chi connectivity index (χ1) is 13.4. The van der Waals surface area contributed by atoms with Gasteiger partial charge >= 0.3 is 0 Å². The van der Waals surface area contributed by atoms with Gasteiger partial charge in [0.15, 0.2) is 0 Å². The molecule has 1 N–H and O–H groups in total. The van der Waals surface area contributed by atoms with E-state index in [1.165, 1.54) is 19.1 Å². The molecule has 7 nitrogen and oxygen atoms in total. The third-order valence-electron chi connectivity index (χ3n) is 4.80. The van der Waals surface area contributed by atoms with E-state index < -0.39 is 23.6 Å². The minimum atomic E-state index is -0.838. The van der Waals surface area contributed by atoms with Crippen LogP contribution in [-0.2, 0) is 9.59 Å². The van der Waals surface area contributed by atoms with Crippen molar-refractivity contribution in [1.29, 1.82) is 0 Å². The summed E-state index contributed by atoms with van der Waals surface area (Å²) in [7, 11) is 3.02. The molecule has 2 aromatic rings. The number of Topliss-reactive ketones (excluding diaryl/α,β-unsaturated/α-hetero) is 1. The zero-order valence-corrected chi connectivity index (χ0v) is 16.2. The van der Waals surface area contributed by atoms with E-state index in [1.807, 2.05) is 13.0 Å². The van der Waals surface area contributed by atoms with E-state index in [2.05, 4.69) is 5.32 Å². The van der Waals surface area contributed by atoms with Gasteiger partial charge in [0.25, 0.3) is 11.7 Å². The number of para-hydroxylation sites is 1. The van der Waals surface area contributed by atoms with Gasteiger partial charge in [0.05, 0.1) is 31.2 Å². The Hall–Kier alpha value is -3.35. The fourth-order valence-corrected chi connectivity index (χ4v) is 3.40. The number of rotatable bonds is 6. The molecule has 0 radical (unpaired) electrons. The quantitative estimate of drug-likeness (QED) is 0.777. The Kier molecular flexibility index (Phi) is 5.35. The summed E-state index contributed by atoms with van der Waals surface area (Å²) in [6.45, 7) is 3.61. The van der Waals surface area contributed by atoms with Crippen molar-refractivity contribution in [3.05, 3.63) is 47.5 Å². The van der Waals surface area contributed by atoms with Gasteiger partial charge in [-0.2, -0.15) is 0 Å². The van der Waals surface area contributed by atoms with Crippen molar-refractivity contribution in [3.63, 3.8) is 0 Å². The SMILES string of the molecule is CCC(C(=O)Nc1cc(OC)ccc1OC)N1C(=O)C(=O)c2cccc(C)c21. The lowest BCUT2D eigenvalue weighted by molar-refractivity contribution is -0.121. The van der Waals surface area contributed by atoms with E-state index in [4.69, 9.17) is 9.47 Å². The van der Waals surface area contributed by atoms with Crippen molar-refractivity contribution < 1.29 is 23.9 Å². The molecule has 0 fully saturated rings. The van der Waals surface area contributed by atoms with Gasteiger partial charge in [0.2, 0.25) is 5.91 Å². The topological polar surface area (TPSA) is 84.9 Å². The highest BCUT2D eigenvalue weighted by Crippen LogP contribution is 2.35. The average molecular weight is 382 g/mol. The van der Waals surface area contributed by atoms with Crippen LogP contribution < -0.4 is 19.7 Å². The van der Waals surface area contributed by atoms with Crippen LogP contribution >= 0.6 is 0 Å². The molecule has 7 heteroatoms. The zero-order valence-electron chi connectivity index (χ0n) is 16.2. The second-order valence-corrected chi connectivity index (χ2v) is 6.45. The molecule has 0 aliphatic carbocycles. The fourth-order valence-electron chi connectivity index (χ4n) is 3.40. The van der Waals surface area contributed by atoms with Crippen LogP contribution in [0.25, 0.3) is 0 Å². The van der Waals surface area contributed by atoms with Gasteiger partial charge in [0.1, 0.15) is 17.5 Å². The summed E-state index contributed by atoms with van der Waals surface area (Å²) in [6, 6.07) is 9.35. The molecular weight excluding hydrogens is 360 g/mol. The number of amides is 2. The van der Waals surface area contributed by atoms with Crippen molar-refractivity contribution in [2.24, 2.45) is 0 Å². The number of carbonyl (C=O) groups excluding carboxylic acids is 3. The number of nitrogens with zero attached hydrogens (tertiary/aromatic N) is 1. The summed E-state index contributed by atoms with van der Waals surface area (Å²) in [5.74, 6) is -0.679. The second-order valence-electron chi connectivity index (χ2n) is 6.45. The standard InChI is InChI=1S/C21H22N2O5/c1-5-16(20(25)22-15-11-13(27-3)9-10-17(15)28-4)23-18-12(2)7-6-8-14(18)19(24)21(23)26/h6-11,16H,5H2,1-4H3,(H,22,25). The number of aryl methyl sites for hydroxylation is 1. The normalized spacial score (nSPS) is 13.9. The maximum absolute atomic E-state index is 13.1. The van der Waals surface area contributed by atoms with E-state index in [0.717, 1.165) is 5.56 Å². The van der Waals surface area contributed by atoms with Gasteiger partial charge in [-0.15, -0.1) is 0 Å². The molecule has 0 spiro atoms. The zero-order chi connectivity index (χ0) is 20.4. The number of ketones is 1. The monoisotopic (exact) mass is 382 g/mol. The molecule has 146 valence electrons. The Morgan fingerprint density at radius 3 is 2.54 bits per heavy atom. The fraction of sp³-hybridized carbons (Fsp3) is 0.286. The van der Waals surface area contributed by atoms with Crippen LogP contribution in [0.3, 0.4) is 0 Å². The summed E-state index contributed by atoms with van der Waals surface area (Å²) >= 11 is 0. The van der Waals surface area contributed by atoms with E-state index in [9.17, 15) is 14.4 Å². The Balaban J connectivity index is 1.96. The van der Waals surface area contributed by atoms with Crippen molar-refractivity contribution >= 4 is 29.0 Å². The van der Waals surface area contributed by atoms with Gasteiger partial charge in [-0.1, -0.05) is 19.1 Å². The molecular formula is C21H22N2O5. The Morgan fingerprint density at radius 2 is 1.89 bits per heavy atom. The van der Waals surface area contributed by atoms with Crippen molar-refractivity contribution in [3.8, 4) is 11.5 Å². The number of fused-ring (bicyclic) bond motifs is 1. The van der Waals surface area contributed by atoms with Crippen LogP contribution in [0.2, 0.25) is 0 Å². The first kappa shape index (κ1) is 19.4. The minimum absolute atomic E-state index is 0.329. The minimum Gasteiger partial charge on any atom is -0.497 e. The third-order valence-corrected chi connectivity index (χ3v) is 4.80. The Bertz CT molecular complexity index is 954. The van der Waals surface area contributed by atoms with Gasteiger partial charge in [-0.3, -0.25) is 19.3 Å². The van der Waals surface area contributed by atoms with Crippen LogP contribution in [0.15, 0.2) is 36.4 Å². The maximum atomic E-state index is 13.1. The summed E-state index contributed by atoms with van der Waals surface area (Å²) in [6.07, 6.45) is 0.338. The smallest absolute Gasteiger partial charge is 0.300 e. The summed E-state index contributed by atoms with van der Waals surface area (Å²) in [5, 5.41) is 2.80. The van der Waals surface area contributed by atoms with Crippen molar-refractivity contribution in [2.75, 3.05) is 24.4 Å². The highest BCUT2D eigenvalue weighted by molar-refractivity contribution is 6.53. The van der Waals surface area contributed by atoms with Crippen LogP contribution in [0.4, 0.5) is 11.4 Å². The molecule has 1 unspecified atom stereocenters. The number of carbonyl (C=O) groups is 3. The average Bonchev–Trinajstić information content (AvgIpc) is 2.95. The lowest BCUT2D eigenvalue weighted by Gasteiger charge is -2.27. The molecule has 3 rings (SSSR count). The number of anilines is 2. The van der Waals surface area contributed by atoms with Crippen molar-refractivity contribution in [2.45, 2.75) is 26.3 Å². The lowest BCUT2D eigenvalue weighted by Crippen LogP contribution is -2.46. The molecule has 1 aliphatic heterocycles. The van der Waals surface area contributed by atoms with E-state index in [0.29, 0.717) is 34.9 Å². The summed E-state index contributed by atoms with van der Waals surface area (Å²) in [4.78, 5) is 39.4. The van der Waals surface area contributed by atoms with Gasteiger partial charge in [-0.25, -0.2) is 0 Å². The van der Waals surface area contributed by atoms with Crippen LogP contribution in [0.5, 0.6) is 11.5 Å². The maximum Gasteiger partial charge on any atom is 0.300 e. The second kappa shape index (κ2) is 7.72. The highest BCUT2D eigenvalue weighted by Gasteiger charge is 2.42. The predicted octanol–water partition coefficient (Wildman–Crippen LogP) is 2.96. The van der Waals surface area contributed by atoms with Crippen LogP contribution in [0, 0.1) is 6.92 Å². The summed E-state index contributed by atoms with van der Waals surface area (Å²) < 4.78 is 10.5. The predicted molar refractivity (Wildman–Crippen MR) is 105 cm³/mol. The molecule has 0 saturated carbocycles. The van der Waals surface area contributed by atoms with Crippen LogP contribution in [0.1, 0.15) is 29.3 Å². The van der Waals surface area contributed by atoms with E-state index in [-0.39, 0.29) is 0 Å². The number of benzene rings is 2. The molecule has 1 heterocycles. The molecule has 2 aromatic carbocycles. The Labute approximate surface area is 163 Å². The first-order valence-electron chi connectivity index (χ1n) is 8.93. The third kappa shape index (κ3) is 3.19. The number of methoxy groups -OCH3 is 2. The van der Waals surface area contributed by atoms with Gasteiger partial charge in [0, 0.05) is 6.07 Å². The van der Waals surface area contributed by atoms with E-state index in [1.54, 1.807) is 37.3 Å². The first-order valence-corrected chi connectivity index (χ1v) is 8.93. The molecule has 2 amide bonds. The lowest BCUT2D eigenvalue weighted by atomic mass is 10.1. The van der Waals surface area contributed by atoms with Gasteiger partial charge < -0.3 is 14.8 Å². The van der Waals surface area contributed by atoms with E-state index >= 15 is 0 Å².